The normalized spacial score (nSPS) is 12.2. The maximum atomic E-state index is 12.9. The molecule has 1 unspecified atom stereocenters. The quantitative estimate of drug-likeness (QED) is 0.0261. The van der Waals surface area contributed by atoms with Crippen molar-refractivity contribution < 1.29 is 28.6 Å². The minimum atomic E-state index is -0.765. The summed E-state index contributed by atoms with van der Waals surface area (Å²) in [4.78, 5) is 38.0. The van der Waals surface area contributed by atoms with Crippen LogP contribution in [0.2, 0.25) is 0 Å². The molecule has 0 radical (unpaired) electrons. The van der Waals surface area contributed by atoms with Crippen molar-refractivity contribution in [2.24, 2.45) is 0 Å². The number of hydrogen-bond donors (Lipinski definition) is 0. The molecule has 0 aliphatic heterocycles. The standard InChI is InChI=1S/C70H130O6/c1-4-7-10-13-16-18-20-22-24-26-28-30-31-32-33-34-35-36-37-38-39-41-42-44-46-48-50-52-54-57-60-63-69(72)75-66-67(65-74-68(71)62-59-56-15-12-9-6-3)76-70(73)64-61-58-55-53-51-49-47-45-43-40-29-27-25-23-21-19-17-14-11-8-5-2/h20,22,26,28,31-32,67H,4-19,21,23-25,27,29-30,33-66H2,1-3H3/b22-20-,28-26-,32-31-. The first kappa shape index (κ1) is 73.6. The van der Waals surface area contributed by atoms with E-state index in [4.69, 9.17) is 14.2 Å². The van der Waals surface area contributed by atoms with Crippen molar-refractivity contribution in [3.63, 3.8) is 0 Å². The number of ether oxygens (including phenoxy) is 3. The second kappa shape index (κ2) is 65.2. The summed E-state index contributed by atoms with van der Waals surface area (Å²) in [5.74, 6) is -0.851. The molecule has 0 aromatic heterocycles. The summed E-state index contributed by atoms with van der Waals surface area (Å²) in [6.45, 7) is 6.63. The van der Waals surface area contributed by atoms with Gasteiger partial charge in [-0.1, -0.05) is 333 Å². The van der Waals surface area contributed by atoms with Crippen LogP contribution in [0.5, 0.6) is 0 Å². The summed E-state index contributed by atoms with van der Waals surface area (Å²) in [7, 11) is 0. The molecule has 0 spiro atoms. The molecule has 0 rings (SSSR count). The van der Waals surface area contributed by atoms with Crippen molar-refractivity contribution >= 4 is 17.9 Å². The third kappa shape index (κ3) is 62.5. The highest BCUT2D eigenvalue weighted by Crippen LogP contribution is 2.18. The maximum Gasteiger partial charge on any atom is 0.306 e. The zero-order chi connectivity index (χ0) is 55.0. The first-order valence-corrected chi connectivity index (χ1v) is 34.0. The van der Waals surface area contributed by atoms with Gasteiger partial charge in [0, 0.05) is 19.3 Å². The Bertz CT molecular complexity index is 1270. The van der Waals surface area contributed by atoms with E-state index < -0.39 is 6.10 Å². The van der Waals surface area contributed by atoms with Crippen LogP contribution in [0.3, 0.4) is 0 Å². The first-order valence-electron chi connectivity index (χ1n) is 34.0. The fourth-order valence-electron chi connectivity index (χ4n) is 10.3. The van der Waals surface area contributed by atoms with E-state index in [1.807, 2.05) is 0 Å². The lowest BCUT2D eigenvalue weighted by Crippen LogP contribution is -2.30. The van der Waals surface area contributed by atoms with Crippen molar-refractivity contribution in [3.05, 3.63) is 36.5 Å². The Morgan fingerprint density at radius 3 is 0.737 bits per heavy atom. The second-order valence-corrected chi connectivity index (χ2v) is 23.1. The highest BCUT2D eigenvalue weighted by molar-refractivity contribution is 5.71. The van der Waals surface area contributed by atoms with E-state index in [0.29, 0.717) is 19.3 Å². The van der Waals surface area contributed by atoms with Gasteiger partial charge >= 0.3 is 17.9 Å². The molecule has 0 aromatic carbocycles. The van der Waals surface area contributed by atoms with Gasteiger partial charge in [0.15, 0.2) is 6.10 Å². The van der Waals surface area contributed by atoms with Gasteiger partial charge in [0.25, 0.3) is 0 Å². The number of rotatable bonds is 63. The SMILES string of the molecule is CCCCCCC/C=C\C/C=C\C/C=C\CCCCCCCCCCCCCCCCCCC(=O)OCC(COC(=O)CCCCCCCC)OC(=O)CCCCCCCCCCCCCCCCCCCCCCC. The molecule has 0 aliphatic carbocycles. The molecule has 446 valence electrons. The molecule has 1 atom stereocenters. The van der Waals surface area contributed by atoms with Crippen LogP contribution in [0.25, 0.3) is 0 Å². The Morgan fingerprint density at radius 2 is 0.474 bits per heavy atom. The fourth-order valence-corrected chi connectivity index (χ4v) is 10.3. The second-order valence-electron chi connectivity index (χ2n) is 23.1. The number of carbonyl (C=O) groups excluding carboxylic acids is 3. The molecule has 0 N–H and O–H groups in total. The number of esters is 3. The molecular formula is C70H130O6. The smallest absolute Gasteiger partial charge is 0.306 e. The van der Waals surface area contributed by atoms with E-state index in [-0.39, 0.29) is 31.1 Å². The van der Waals surface area contributed by atoms with Crippen LogP contribution in [-0.2, 0) is 28.6 Å². The van der Waals surface area contributed by atoms with Gasteiger partial charge in [-0.15, -0.1) is 0 Å². The molecule has 0 aliphatic rings. The van der Waals surface area contributed by atoms with Gasteiger partial charge in [0.2, 0.25) is 0 Å². The van der Waals surface area contributed by atoms with E-state index in [2.05, 4.69) is 57.2 Å². The molecule has 6 heteroatoms. The fraction of sp³-hybridized carbons (Fsp3) is 0.871. The van der Waals surface area contributed by atoms with Gasteiger partial charge in [-0.2, -0.15) is 0 Å². The topological polar surface area (TPSA) is 78.9 Å². The zero-order valence-electron chi connectivity index (χ0n) is 51.3. The summed E-state index contributed by atoms with van der Waals surface area (Å²) in [5, 5.41) is 0. The summed E-state index contributed by atoms with van der Waals surface area (Å²) >= 11 is 0. The number of allylic oxidation sites excluding steroid dienone is 6. The van der Waals surface area contributed by atoms with Crippen molar-refractivity contribution in [1.29, 1.82) is 0 Å². The lowest BCUT2D eigenvalue weighted by atomic mass is 10.0. The molecule has 6 nitrogen and oxygen atoms in total. The average Bonchev–Trinajstić information content (AvgIpc) is 3.42. The number of hydrogen-bond acceptors (Lipinski definition) is 6. The van der Waals surface area contributed by atoms with Gasteiger partial charge in [-0.25, -0.2) is 0 Å². The predicted molar refractivity (Wildman–Crippen MR) is 330 cm³/mol. The highest BCUT2D eigenvalue weighted by Gasteiger charge is 2.19. The van der Waals surface area contributed by atoms with E-state index in [1.54, 1.807) is 0 Å². The first-order chi connectivity index (χ1) is 37.5. The van der Waals surface area contributed by atoms with Gasteiger partial charge in [0.1, 0.15) is 13.2 Å². The molecule has 0 amide bonds. The van der Waals surface area contributed by atoms with Crippen LogP contribution < -0.4 is 0 Å². The van der Waals surface area contributed by atoms with Crippen LogP contribution in [0, 0.1) is 0 Å². The molecule has 0 heterocycles. The zero-order valence-corrected chi connectivity index (χ0v) is 51.3. The van der Waals surface area contributed by atoms with Gasteiger partial charge in [-0.3, -0.25) is 14.4 Å². The van der Waals surface area contributed by atoms with Crippen molar-refractivity contribution in [1.82, 2.24) is 0 Å². The summed E-state index contributed by atoms with van der Waals surface area (Å²) in [5.41, 5.74) is 0. The molecule has 0 fully saturated rings. The van der Waals surface area contributed by atoms with Gasteiger partial charge in [-0.05, 0) is 57.8 Å². The van der Waals surface area contributed by atoms with Crippen molar-refractivity contribution in [2.75, 3.05) is 13.2 Å². The van der Waals surface area contributed by atoms with Crippen LogP contribution in [-0.4, -0.2) is 37.2 Å². The molecule has 0 aromatic rings. The minimum absolute atomic E-state index is 0.0665. The summed E-state index contributed by atoms with van der Waals surface area (Å²) in [6, 6.07) is 0. The van der Waals surface area contributed by atoms with E-state index in [1.165, 1.54) is 263 Å². The lowest BCUT2D eigenvalue weighted by molar-refractivity contribution is -0.167. The Labute approximate surface area is 474 Å². The molecule has 0 saturated carbocycles. The minimum Gasteiger partial charge on any atom is -0.462 e. The predicted octanol–water partition coefficient (Wildman–Crippen LogP) is 23.2. The third-order valence-electron chi connectivity index (χ3n) is 15.4. The largest absolute Gasteiger partial charge is 0.462 e. The van der Waals surface area contributed by atoms with E-state index in [0.717, 1.165) is 70.6 Å². The summed E-state index contributed by atoms with van der Waals surface area (Å²) in [6.07, 6.45) is 80.7. The van der Waals surface area contributed by atoms with Crippen LogP contribution in [0.4, 0.5) is 0 Å². The number of unbranched alkanes of at least 4 members (excludes halogenated alkanes) is 46. The highest BCUT2D eigenvalue weighted by atomic mass is 16.6. The van der Waals surface area contributed by atoms with Gasteiger partial charge < -0.3 is 14.2 Å². The van der Waals surface area contributed by atoms with Crippen molar-refractivity contribution in [2.45, 2.75) is 380 Å². The Hall–Kier alpha value is -2.37. The Kier molecular flexibility index (Phi) is 63.1. The summed E-state index contributed by atoms with van der Waals surface area (Å²) < 4.78 is 16.8. The molecule has 0 saturated heterocycles. The lowest BCUT2D eigenvalue weighted by Gasteiger charge is -2.18. The monoisotopic (exact) mass is 1070 g/mol. The van der Waals surface area contributed by atoms with Crippen LogP contribution >= 0.6 is 0 Å². The van der Waals surface area contributed by atoms with Crippen LogP contribution in [0.1, 0.15) is 374 Å². The number of carbonyl (C=O) groups is 3. The Balaban J connectivity index is 3.98. The Morgan fingerprint density at radius 1 is 0.263 bits per heavy atom. The van der Waals surface area contributed by atoms with Crippen molar-refractivity contribution in [3.8, 4) is 0 Å². The van der Waals surface area contributed by atoms with Gasteiger partial charge in [0.05, 0.1) is 0 Å². The third-order valence-corrected chi connectivity index (χ3v) is 15.4. The molecule has 76 heavy (non-hydrogen) atoms. The maximum absolute atomic E-state index is 12.9. The average molecular weight is 1070 g/mol. The molecular weight excluding hydrogens is 937 g/mol. The van der Waals surface area contributed by atoms with E-state index >= 15 is 0 Å². The molecule has 0 bridgehead atoms. The van der Waals surface area contributed by atoms with Crippen LogP contribution in [0.15, 0.2) is 36.5 Å². The van der Waals surface area contributed by atoms with E-state index in [9.17, 15) is 14.4 Å².